The van der Waals surface area contributed by atoms with E-state index in [4.69, 9.17) is 0 Å². The number of anilines is 1. The summed E-state index contributed by atoms with van der Waals surface area (Å²) in [5.74, 6) is 0.00661. The topological polar surface area (TPSA) is 77.9 Å². The first-order chi connectivity index (χ1) is 14.6. The Kier molecular flexibility index (Phi) is 4.67. The van der Waals surface area contributed by atoms with Crippen molar-refractivity contribution in [1.82, 2.24) is 20.2 Å². The summed E-state index contributed by atoms with van der Waals surface area (Å²) >= 11 is 0. The molecule has 2 aromatic carbocycles. The molecule has 5 rings (SSSR count). The first-order valence-corrected chi connectivity index (χ1v) is 10.1. The van der Waals surface area contributed by atoms with Crippen LogP contribution < -0.4 is 4.90 Å². The third-order valence-electron chi connectivity index (χ3n) is 5.65. The molecule has 0 amide bonds. The van der Waals surface area contributed by atoms with Gasteiger partial charge in [-0.1, -0.05) is 24.3 Å². The molecule has 6 nitrogen and oxygen atoms in total. The van der Waals surface area contributed by atoms with Gasteiger partial charge in [-0.2, -0.15) is 5.10 Å². The van der Waals surface area contributed by atoms with Crippen LogP contribution >= 0.6 is 0 Å². The average molecular weight is 403 g/mol. The molecule has 0 saturated carbocycles. The van der Waals surface area contributed by atoms with Crippen molar-refractivity contribution in [2.45, 2.75) is 25.9 Å². The van der Waals surface area contributed by atoms with E-state index in [0.717, 1.165) is 36.2 Å². The van der Waals surface area contributed by atoms with Crippen LogP contribution in [0, 0.1) is 12.7 Å². The monoisotopic (exact) mass is 403 g/mol. The van der Waals surface area contributed by atoms with Crippen LogP contribution in [0.2, 0.25) is 0 Å². The minimum atomic E-state index is -0.340. The van der Waals surface area contributed by atoms with E-state index in [1.165, 1.54) is 6.07 Å². The Morgan fingerprint density at radius 1 is 1.17 bits per heavy atom. The highest BCUT2D eigenvalue weighted by molar-refractivity contribution is 5.90. The van der Waals surface area contributed by atoms with Gasteiger partial charge in [-0.15, -0.1) is 0 Å². The number of aliphatic hydroxyl groups is 1. The molecule has 2 N–H and O–H groups in total. The first-order valence-electron chi connectivity index (χ1n) is 10.1. The second-order valence-electron chi connectivity index (χ2n) is 7.75. The Balaban J connectivity index is 1.52. The van der Waals surface area contributed by atoms with Crippen LogP contribution in [0.4, 0.5) is 10.1 Å². The molecule has 1 atom stereocenters. The van der Waals surface area contributed by atoms with Crippen LogP contribution in [0.5, 0.6) is 0 Å². The SMILES string of the molecule is Cc1cccc(F)c1-c1ncc2[nH]nc(-c3ccc(N4CCCC(O)C4)cc3)c2n1. The summed E-state index contributed by atoms with van der Waals surface area (Å²) in [6.07, 6.45) is 3.22. The van der Waals surface area contributed by atoms with E-state index < -0.39 is 0 Å². The molecule has 1 aliphatic heterocycles. The zero-order chi connectivity index (χ0) is 20.7. The second-order valence-corrected chi connectivity index (χ2v) is 7.75. The fourth-order valence-corrected chi connectivity index (χ4v) is 4.07. The molecular formula is C23H22FN5O. The summed E-state index contributed by atoms with van der Waals surface area (Å²) < 4.78 is 14.4. The number of benzene rings is 2. The molecule has 0 bridgehead atoms. The number of nitrogens with one attached hydrogen (secondary N) is 1. The van der Waals surface area contributed by atoms with Crippen molar-refractivity contribution in [3.8, 4) is 22.6 Å². The number of H-pyrrole nitrogens is 1. The van der Waals surface area contributed by atoms with Gasteiger partial charge in [-0.05, 0) is 43.5 Å². The second kappa shape index (κ2) is 7.50. The summed E-state index contributed by atoms with van der Waals surface area (Å²) in [6.45, 7) is 3.45. The molecule has 1 saturated heterocycles. The Hall–Kier alpha value is -3.32. The fourth-order valence-electron chi connectivity index (χ4n) is 4.07. The van der Waals surface area contributed by atoms with Gasteiger partial charge in [0, 0.05) is 24.3 Å². The quantitative estimate of drug-likeness (QED) is 0.539. The average Bonchev–Trinajstić information content (AvgIpc) is 3.17. The van der Waals surface area contributed by atoms with E-state index in [-0.39, 0.29) is 11.9 Å². The Labute approximate surface area is 173 Å². The molecule has 1 fully saturated rings. The molecule has 1 aliphatic rings. The fraction of sp³-hybridized carbons (Fsp3) is 0.261. The predicted octanol–water partition coefficient (Wildman–Crippen LogP) is 4.10. The molecule has 30 heavy (non-hydrogen) atoms. The van der Waals surface area contributed by atoms with Gasteiger partial charge in [0.2, 0.25) is 0 Å². The van der Waals surface area contributed by atoms with Gasteiger partial charge in [-0.3, -0.25) is 5.10 Å². The highest BCUT2D eigenvalue weighted by atomic mass is 19.1. The van der Waals surface area contributed by atoms with Gasteiger partial charge in [0.05, 0.1) is 17.9 Å². The molecule has 7 heteroatoms. The largest absolute Gasteiger partial charge is 0.391 e. The lowest BCUT2D eigenvalue weighted by atomic mass is 10.1. The number of rotatable bonds is 3. The number of aromatic nitrogens is 4. The van der Waals surface area contributed by atoms with Gasteiger partial charge in [0.15, 0.2) is 5.82 Å². The third-order valence-corrected chi connectivity index (χ3v) is 5.65. The van der Waals surface area contributed by atoms with Gasteiger partial charge < -0.3 is 10.0 Å². The molecule has 152 valence electrons. The highest BCUT2D eigenvalue weighted by Crippen LogP contribution is 2.30. The Bertz CT molecular complexity index is 1180. The van der Waals surface area contributed by atoms with Crippen LogP contribution in [0.25, 0.3) is 33.7 Å². The molecule has 0 aliphatic carbocycles. The van der Waals surface area contributed by atoms with E-state index in [9.17, 15) is 9.50 Å². The van der Waals surface area contributed by atoms with E-state index >= 15 is 0 Å². The van der Waals surface area contributed by atoms with Crippen LogP contribution in [-0.2, 0) is 0 Å². The van der Waals surface area contributed by atoms with Crippen LogP contribution in [0.15, 0.2) is 48.7 Å². The number of halogens is 1. The molecule has 1 unspecified atom stereocenters. The van der Waals surface area contributed by atoms with Crippen molar-refractivity contribution < 1.29 is 9.50 Å². The summed E-state index contributed by atoms with van der Waals surface area (Å²) in [5, 5.41) is 17.3. The zero-order valence-electron chi connectivity index (χ0n) is 16.6. The highest BCUT2D eigenvalue weighted by Gasteiger charge is 2.19. The van der Waals surface area contributed by atoms with Crippen molar-refractivity contribution >= 4 is 16.7 Å². The zero-order valence-corrected chi connectivity index (χ0v) is 16.6. The Morgan fingerprint density at radius 3 is 2.77 bits per heavy atom. The number of aliphatic hydroxyl groups excluding tert-OH is 1. The number of fused-ring (bicyclic) bond motifs is 1. The molecule has 4 aromatic rings. The van der Waals surface area contributed by atoms with Gasteiger partial charge in [0.1, 0.15) is 22.5 Å². The van der Waals surface area contributed by atoms with E-state index in [0.29, 0.717) is 34.7 Å². The van der Waals surface area contributed by atoms with Crippen LogP contribution in [0.3, 0.4) is 0 Å². The minimum absolute atomic E-state index is 0.273. The molecular weight excluding hydrogens is 381 g/mol. The standard InChI is InChI=1S/C23H22FN5O/c1-14-4-2-6-18(24)20(14)23-25-12-19-22(26-23)21(28-27-19)15-7-9-16(10-8-15)29-11-3-5-17(30)13-29/h2,4,6-10,12,17,30H,3,5,11,13H2,1H3,(H,27,28). The van der Waals surface area contributed by atoms with Gasteiger partial charge >= 0.3 is 0 Å². The predicted molar refractivity (Wildman–Crippen MR) is 115 cm³/mol. The molecule has 2 aromatic heterocycles. The van der Waals surface area contributed by atoms with Crippen molar-refractivity contribution in [3.63, 3.8) is 0 Å². The summed E-state index contributed by atoms with van der Waals surface area (Å²) in [4.78, 5) is 11.2. The molecule has 3 heterocycles. The number of nitrogens with zero attached hydrogens (tertiary/aromatic N) is 4. The lowest BCUT2D eigenvalue weighted by Crippen LogP contribution is -2.38. The lowest BCUT2D eigenvalue weighted by Gasteiger charge is -2.32. The third kappa shape index (κ3) is 3.31. The first kappa shape index (κ1) is 18.7. The van der Waals surface area contributed by atoms with E-state index in [1.54, 1.807) is 12.3 Å². The number of hydrogen-bond acceptors (Lipinski definition) is 5. The number of piperidine rings is 1. The van der Waals surface area contributed by atoms with Crippen LogP contribution in [-0.4, -0.2) is 44.5 Å². The summed E-state index contributed by atoms with van der Waals surface area (Å²) in [5.41, 5.74) is 5.24. The number of β-amino-alcohol motifs (C(OH)–C–C–N with tert-alkyl or cyclic N) is 1. The number of aromatic amines is 1. The molecule has 0 radical (unpaired) electrons. The minimum Gasteiger partial charge on any atom is -0.391 e. The maximum atomic E-state index is 14.4. The maximum Gasteiger partial charge on any atom is 0.163 e. The van der Waals surface area contributed by atoms with Crippen molar-refractivity contribution in [2.75, 3.05) is 18.0 Å². The van der Waals surface area contributed by atoms with Crippen molar-refractivity contribution in [3.05, 3.63) is 60.0 Å². The normalized spacial score (nSPS) is 16.9. The van der Waals surface area contributed by atoms with Crippen molar-refractivity contribution in [1.29, 1.82) is 0 Å². The van der Waals surface area contributed by atoms with Crippen LogP contribution in [0.1, 0.15) is 18.4 Å². The summed E-state index contributed by atoms with van der Waals surface area (Å²) in [6, 6.07) is 13.0. The smallest absolute Gasteiger partial charge is 0.163 e. The molecule has 0 spiro atoms. The number of aryl methyl sites for hydroxylation is 1. The summed E-state index contributed by atoms with van der Waals surface area (Å²) in [7, 11) is 0. The van der Waals surface area contributed by atoms with Gasteiger partial charge in [0.25, 0.3) is 0 Å². The lowest BCUT2D eigenvalue weighted by molar-refractivity contribution is 0.154. The van der Waals surface area contributed by atoms with E-state index in [1.807, 2.05) is 37.3 Å². The van der Waals surface area contributed by atoms with Gasteiger partial charge in [-0.25, -0.2) is 14.4 Å². The van der Waals surface area contributed by atoms with E-state index in [2.05, 4.69) is 25.1 Å². The van der Waals surface area contributed by atoms with Crippen molar-refractivity contribution in [2.24, 2.45) is 0 Å². The Morgan fingerprint density at radius 2 is 2.00 bits per heavy atom. The maximum absolute atomic E-state index is 14.4. The number of hydrogen-bond donors (Lipinski definition) is 2.